The summed E-state index contributed by atoms with van der Waals surface area (Å²) < 4.78 is 30.5. The summed E-state index contributed by atoms with van der Waals surface area (Å²) >= 11 is 0. The zero-order valence-electron chi connectivity index (χ0n) is 44.1. The molecule has 0 bridgehead atoms. The molecule has 0 saturated carbocycles. The zero-order chi connectivity index (χ0) is 49.4. The first-order chi connectivity index (χ1) is 32.4. The third kappa shape index (κ3) is 48.3. The van der Waals surface area contributed by atoms with Crippen LogP contribution in [-0.4, -0.2) is 74.3 Å². The molecule has 9 nitrogen and oxygen atoms in total. The van der Waals surface area contributed by atoms with Crippen LogP contribution in [0.5, 0.6) is 0 Å². The van der Waals surface area contributed by atoms with Gasteiger partial charge >= 0.3 is 13.8 Å². The number of hydrogen-bond donors (Lipinski definition) is 2. The molecular weight excluding hydrogens is 856 g/mol. The van der Waals surface area contributed by atoms with E-state index in [1.54, 1.807) is 0 Å². The molecule has 0 aliphatic carbocycles. The Hall–Kier alpha value is -2.55. The van der Waals surface area contributed by atoms with Crippen molar-refractivity contribution in [3.63, 3.8) is 0 Å². The Labute approximate surface area is 413 Å². The zero-order valence-corrected chi connectivity index (χ0v) is 45.0. The summed E-state index contributed by atoms with van der Waals surface area (Å²) in [6, 6.07) is -0.858. The van der Waals surface area contributed by atoms with E-state index in [9.17, 15) is 19.0 Å². The van der Waals surface area contributed by atoms with Gasteiger partial charge in [-0.3, -0.25) is 18.6 Å². The number of hydrogen-bond acceptors (Lipinski definition) is 6. The van der Waals surface area contributed by atoms with Gasteiger partial charge in [-0.15, -0.1) is 0 Å². The summed E-state index contributed by atoms with van der Waals surface area (Å²) in [6.07, 6.45) is 58.9. The minimum Gasteiger partial charge on any atom is -0.456 e. The largest absolute Gasteiger partial charge is 0.472 e. The van der Waals surface area contributed by atoms with Crippen LogP contribution in [0.3, 0.4) is 0 Å². The molecule has 0 fully saturated rings. The number of esters is 1. The lowest BCUT2D eigenvalue weighted by atomic mass is 10.0. The molecule has 3 atom stereocenters. The first-order valence-corrected chi connectivity index (χ1v) is 28.8. The number of likely N-dealkylation sites (N-methyl/N-ethyl adjacent to an activating group) is 1. The van der Waals surface area contributed by atoms with Crippen LogP contribution in [0.1, 0.15) is 226 Å². The molecule has 0 aromatic carbocycles. The molecule has 3 unspecified atom stereocenters. The molecule has 2 N–H and O–H groups in total. The second-order valence-electron chi connectivity index (χ2n) is 19.4. The van der Waals surface area contributed by atoms with Crippen LogP contribution < -0.4 is 5.32 Å². The number of phosphoric ester groups is 1. The standard InChI is InChI=1S/C57H103N2O7P/c1-7-10-13-16-19-22-25-28-30-32-35-38-41-44-47-50-57(61)66-55(48-45-42-39-36-33-27-24-21-18-15-12-9-3)54(53-65-67(62,63)64-52-51-59(4,5)6)58-56(60)49-46-43-40-37-34-31-29-26-23-20-17-14-11-8-2/h10-11,13-14,16,19-20,22-23,25,45,48,54-55H,7-9,12,15,17-18,21,24,26-44,46-47,49-53H2,1-6H3,(H-,58,60,62,63)/p+1/b13-10+,14-11+,19-16+,23-20+,25-22+,48-45+. The first kappa shape index (κ1) is 64.5. The fourth-order valence-electron chi connectivity index (χ4n) is 7.51. The van der Waals surface area contributed by atoms with E-state index in [0.29, 0.717) is 17.4 Å². The average molecular weight is 960 g/mol. The maximum absolute atomic E-state index is 13.5. The molecule has 10 heteroatoms. The lowest BCUT2D eigenvalue weighted by Gasteiger charge is -2.27. The van der Waals surface area contributed by atoms with Crippen molar-refractivity contribution in [1.29, 1.82) is 0 Å². The molecule has 0 aliphatic rings. The monoisotopic (exact) mass is 960 g/mol. The van der Waals surface area contributed by atoms with E-state index < -0.39 is 20.0 Å². The van der Waals surface area contributed by atoms with Gasteiger partial charge in [-0.25, -0.2) is 4.57 Å². The van der Waals surface area contributed by atoms with Gasteiger partial charge in [0.25, 0.3) is 0 Å². The number of amides is 1. The Kier molecular flexibility index (Phi) is 45.3. The van der Waals surface area contributed by atoms with E-state index >= 15 is 0 Å². The van der Waals surface area contributed by atoms with Crippen molar-refractivity contribution >= 4 is 19.7 Å². The molecule has 0 spiro atoms. The number of quaternary nitrogens is 1. The van der Waals surface area contributed by atoms with Gasteiger partial charge < -0.3 is 19.4 Å². The van der Waals surface area contributed by atoms with Crippen LogP contribution in [0.4, 0.5) is 0 Å². The molecule has 0 aromatic heterocycles. The van der Waals surface area contributed by atoms with Gasteiger partial charge in [-0.2, -0.15) is 0 Å². The fourth-order valence-corrected chi connectivity index (χ4v) is 8.24. The van der Waals surface area contributed by atoms with Crippen LogP contribution in [0.25, 0.3) is 0 Å². The van der Waals surface area contributed by atoms with Crippen LogP contribution in [0, 0.1) is 0 Å². The summed E-state index contributed by atoms with van der Waals surface area (Å²) in [6.45, 7) is 6.75. The highest BCUT2D eigenvalue weighted by Gasteiger charge is 2.30. The number of carbonyl (C=O) groups is 2. The normalized spacial score (nSPS) is 14.4. The van der Waals surface area contributed by atoms with E-state index in [1.807, 2.05) is 33.3 Å². The fraction of sp³-hybridized carbons (Fsp3) is 0.754. The molecule has 388 valence electrons. The number of phosphoric acid groups is 1. The predicted octanol–water partition coefficient (Wildman–Crippen LogP) is 16.1. The van der Waals surface area contributed by atoms with E-state index in [0.717, 1.165) is 103 Å². The van der Waals surface area contributed by atoms with Crippen LogP contribution in [0.15, 0.2) is 72.9 Å². The SMILES string of the molecule is CC/C=C/C=C/C=C/CCCCCCCCCC(=O)OC(/C=C/CCCCCCCCCCCC)C(COP(=O)(O)OCC[N+](C)(C)C)NC(=O)CCCCCCCCC/C=C/C/C=C/CC. The van der Waals surface area contributed by atoms with E-state index in [2.05, 4.69) is 86.8 Å². The molecule has 0 saturated heterocycles. The number of ether oxygens (including phenoxy) is 1. The number of rotatable bonds is 48. The molecule has 0 heterocycles. The van der Waals surface area contributed by atoms with Crippen molar-refractivity contribution < 1.29 is 37.3 Å². The van der Waals surface area contributed by atoms with Gasteiger partial charge in [0.15, 0.2) is 0 Å². The topological polar surface area (TPSA) is 111 Å². The average Bonchev–Trinajstić information content (AvgIpc) is 3.28. The van der Waals surface area contributed by atoms with E-state index in [-0.39, 0.29) is 31.5 Å². The highest BCUT2D eigenvalue weighted by atomic mass is 31.2. The van der Waals surface area contributed by atoms with E-state index in [4.69, 9.17) is 13.8 Å². The van der Waals surface area contributed by atoms with Gasteiger partial charge in [0.2, 0.25) is 5.91 Å². The maximum atomic E-state index is 13.5. The Morgan fingerprint density at radius 3 is 1.58 bits per heavy atom. The Morgan fingerprint density at radius 2 is 1.03 bits per heavy atom. The second-order valence-corrected chi connectivity index (χ2v) is 20.9. The van der Waals surface area contributed by atoms with Crippen molar-refractivity contribution in [2.75, 3.05) is 40.9 Å². The van der Waals surface area contributed by atoms with Crippen LogP contribution in [-0.2, 0) is 27.9 Å². The minimum absolute atomic E-state index is 0.0338. The number of unbranched alkanes of at least 4 members (excludes halogenated alkanes) is 24. The Balaban J connectivity index is 5.42. The third-order valence-corrected chi connectivity index (χ3v) is 12.7. The predicted molar refractivity (Wildman–Crippen MR) is 286 cm³/mol. The van der Waals surface area contributed by atoms with Crippen molar-refractivity contribution in [2.45, 2.75) is 238 Å². The van der Waals surface area contributed by atoms with Gasteiger partial charge in [0.1, 0.15) is 19.3 Å². The third-order valence-electron chi connectivity index (χ3n) is 11.7. The van der Waals surface area contributed by atoms with E-state index in [1.165, 1.54) is 89.9 Å². The van der Waals surface area contributed by atoms with Crippen LogP contribution in [0.2, 0.25) is 0 Å². The molecule has 0 aliphatic heterocycles. The number of nitrogens with zero attached hydrogens (tertiary/aromatic N) is 1. The quantitative estimate of drug-likeness (QED) is 0.0156. The van der Waals surface area contributed by atoms with Crippen molar-refractivity contribution in [2.24, 2.45) is 0 Å². The molecule has 0 aromatic rings. The summed E-state index contributed by atoms with van der Waals surface area (Å²) in [4.78, 5) is 37.5. The molecule has 0 rings (SSSR count). The lowest BCUT2D eigenvalue weighted by molar-refractivity contribution is -0.870. The maximum Gasteiger partial charge on any atom is 0.472 e. The Morgan fingerprint density at radius 1 is 0.552 bits per heavy atom. The van der Waals surface area contributed by atoms with Crippen molar-refractivity contribution in [3.05, 3.63) is 72.9 Å². The second kappa shape index (κ2) is 47.1. The summed E-state index contributed by atoms with van der Waals surface area (Å²) in [5.41, 5.74) is 0. The van der Waals surface area contributed by atoms with Crippen LogP contribution >= 0.6 is 7.82 Å². The number of carbonyl (C=O) groups excluding carboxylic acids is 2. The van der Waals surface area contributed by atoms with Gasteiger partial charge in [0, 0.05) is 12.8 Å². The first-order valence-electron chi connectivity index (χ1n) is 27.3. The highest BCUT2D eigenvalue weighted by molar-refractivity contribution is 7.47. The summed E-state index contributed by atoms with van der Waals surface area (Å²) in [5.74, 6) is -0.532. The van der Waals surface area contributed by atoms with Crippen molar-refractivity contribution in [3.8, 4) is 0 Å². The van der Waals surface area contributed by atoms with Crippen molar-refractivity contribution in [1.82, 2.24) is 5.32 Å². The highest BCUT2D eigenvalue weighted by Crippen LogP contribution is 2.43. The molecule has 67 heavy (non-hydrogen) atoms. The minimum atomic E-state index is -4.45. The molecular formula is C57H104N2O7P+. The number of nitrogens with one attached hydrogen (secondary N) is 1. The molecule has 0 radical (unpaired) electrons. The number of allylic oxidation sites excluding steroid dienone is 11. The van der Waals surface area contributed by atoms with Gasteiger partial charge in [0.05, 0.1) is 33.8 Å². The smallest absolute Gasteiger partial charge is 0.456 e. The molecule has 1 amide bonds. The van der Waals surface area contributed by atoms with Gasteiger partial charge in [-0.1, -0.05) is 210 Å². The summed E-state index contributed by atoms with van der Waals surface area (Å²) in [5, 5.41) is 3.03. The van der Waals surface area contributed by atoms with Gasteiger partial charge in [-0.05, 0) is 76.7 Å². The lowest BCUT2D eigenvalue weighted by Crippen LogP contribution is -2.47. The Bertz CT molecular complexity index is 1380. The summed E-state index contributed by atoms with van der Waals surface area (Å²) in [7, 11) is 1.47.